The maximum Gasteiger partial charge on any atom is 0.134 e. The molecule has 0 saturated heterocycles. The summed E-state index contributed by atoms with van der Waals surface area (Å²) in [6, 6.07) is 0.555. The number of aromatic nitrogens is 2. The van der Waals surface area contributed by atoms with Gasteiger partial charge in [0.25, 0.3) is 0 Å². The molecule has 0 radical (unpaired) electrons. The first-order valence-corrected chi connectivity index (χ1v) is 6.05. The molecule has 0 aliphatic rings. The van der Waals surface area contributed by atoms with Crippen molar-refractivity contribution in [2.45, 2.75) is 46.4 Å². The number of aryl methyl sites for hydroxylation is 1. The van der Waals surface area contributed by atoms with E-state index in [1.54, 1.807) is 0 Å². The van der Waals surface area contributed by atoms with Gasteiger partial charge in [0.05, 0.1) is 0 Å². The van der Waals surface area contributed by atoms with Gasteiger partial charge in [-0.3, -0.25) is 0 Å². The van der Waals surface area contributed by atoms with Crippen LogP contribution in [0.5, 0.6) is 0 Å². The van der Waals surface area contributed by atoms with Crippen molar-refractivity contribution in [2.24, 2.45) is 0 Å². The van der Waals surface area contributed by atoms with Crippen LogP contribution in [-0.2, 0) is 17.9 Å². The molecule has 1 aromatic rings. The van der Waals surface area contributed by atoms with Gasteiger partial charge in [-0.2, -0.15) is 0 Å². The lowest BCUT2D eigenvalue weighted by atomic mass is 10.3. The summed E-state index contributed by atoms with van der Waals surface area (Å²) >= 11 is 0. The smallest absolute Gasteiger partial charge is 0.134 e. The minimum Gasteiger partial charge on any atom is -0.373 e. The summed E-state index contributed by atoms with van der Waals surface area (Å²) in [5.41, 5.74) is 0. The standard InChI is InChI=1S/C12H23N3O/c1-4-15-8-7-14-12(15)10-16-9-5-6-13-11(2)3/h7-8,11,13H,4-6,9-10H2,1-3H3. The highest BCUT2D eigenvalue weighted by Gasteiger charge is 2.00. The van der Waals surface area contributed by atoms with Crippen LogP contribution in [0, 0.1) is 0 Å². The van der Waals surface area contributed by atoms with Crippen LogP contribution in [0.4, 0.5) is 0 Å². The zero-order valence-corrected chi connectivity index (χ0v) is 10.6. The van der Waals surface area contributed by atoms with E-state index >= 15 is 0 Å². The Morgan fingerprint density at radius 2 is 2.31 bits per heavy atom. The Balaban J connectivity index is 2.07. The van der Waals surface area contributed by atoms with Crippen molar-refractivity contribution in [3.8, 4) is 0 Å². The minimum absolute atomic E-state index is 0.555. The van der Waals surface area contributed by atoms with E-state index in [1.807, 2.05) is 12.4 Å². The third-order valence-corrected chi connectivity index (χ3v) is 2.39. The molecule has 1 rings (SSSR count). The Bertz CT molecular complexity index is 284. The molecule has 1 heterocycles. The maximum atomic E-state index is 5.58. The molecule has 92 valence electrons. The van der Waals surface area contributed by atoms with Gasteiger partial charge < -0.3 is 14.6 Å². The van der Waals surface area contributed by atoms with E-state index in [4.69, 9.17) is 4.74 Å². The zero-order chi connectivity index (χ0) is 11.8. The van der Waals surface area contributed by atoms with Crippen molar-refractivity contribution in [1.29, 1.82) is 0 Å². The molecular weight excluding hydrogens is 202 g/mol. The van der Waals surface area contributed by atoms with Crippen LogP contribution < -0.4 is 5.32 Å². The van der Waals surface area contributed by atoms with Crippen molar-refractivity contribution in [1.82, 2.24) is 14.9 Å². The van der Waals surface area contributed by atoms with Crippen LogP contribution in [0.2, 0.25) is 0 Å². The van der Waals surface area contributed by atoms with Gasteiger partial charge in [-0.1, -0.05) is 13.8 Å². The molecule has 0 fully saturated rings. The van der Waals surface area contributed by atoms with Gasteiger partial charge in [0, 0.05) is 31.6 Å². The van der Waals surface area contributed by atoms with E-state index in [0.717, 1.165) is 31.9 Å². The first kappa shape index (κ1) is 13.2. The molecule has 4 heteroatoms. The Hall–Kier alpha value is -0.870. The monoisotopic (exact) mass is 225 g/mol. The molecule has 0 saturated carbocycles. The second-order valence-corrected chi connectivity index (χ2v) is 4.14. The Kier molecular flexibility index (Phi) is 6.11. The Morgan fingerprint density at radius 1 is 1.50 bits per heavy atom. The van der Waals surface area contributed by atoms with E-state index in [9.17, 15) is 0 Å². The van der Waals surface area contributed by atoms with Crippen molar-refractivity contribution < 1.29 is 4.74 Å². The summed E-state index contributed by atoms with van der Waals surface area (Å²) in [7, 11) is 0. The third-order valence-electron chi connectivity index (χ3n) is 2.39. The van der Waals surface area contributed by atoms with Gasteiger partial charge in [0.15, 0.2) is 0 Å². The topological polar surface area (TPSA) is 39.1 Å². The molecule has 0 bridgehead atoms. The zero-order valence-electron chi connectivity index (χ0n) is 10.6. The first-order valence-electron chi connectivity index (χ1n) is 6.05. The highest BCUT2D eigenvalue weighted by atomic mass is 16.5. The number of nitrogens with zero attached hydrogens (tertiary/aromatic N) is 2. The number of rotatable bonds is 8. The lowest BCUT2D eigenvalue weighted by Gasteiger charge is -2.08. The molecule has 16 heavy (non-hydrogen) atoms. The van der Waals surface area contributed by atoms with E-state index in [0.29, 0.717) is 12.6 Å². The van der Waals surface area contributed by atoms with Gasteiger partial charge in [0.1, 0.15) is 12.4 Å². The second-order valence-electron chi connectivity index (χ2n) is 4.14. The summed E-state index contributed by atoms with van der Waals surface area (Å²) in [5.74, 6) is 1.01. The molecule has 0 atom stereocenters. The number of ether oxygens (including phenoxy) is 1. The molecular formula is C12H23N3O. The first-order chi connectivity index (χ1) is 7.74. The quantitative estimate of drug-likeness (QED) is 0.686. The summed E-state index contributed by atoms with van der Waals surface area (Å²) in [4.78, 5) is 4.26. The fraction of sp³-hybridized carbons (Fsp3) is 0.750. The number of hydrogen-bond donors (Lipinski definition) is 1. The SMILES string of the molecule is CCn1ccnc1COCCCNC(C)C. The highest BCUT2D eigenvalue weighted by Crippen LogP contribution is 1.99. The molecule has 1 aromatic heterocycles. The predicted octanol–water partition coefficient (Wildman–Crippen LogP) is 1.81. The van der Waals surface area contributed by atoms with Crippen molar-refractivity contribution in [3.63, 3.8) is 0 Å². The minimum atomic E-state index is 0.555. The summed E-state index contributed by atoms with van der Waals surface area (Å²) in [6.45, 7) is 9.78. The summed E-state index contributed by atoms with van der Waals surface area (Å²) in [6.07, 6.45) is 4.85. The van der Waals surface area contributed by atoms with Crippen LogP contribution in [0.3, 0.4) is 0 Å². The largest absolute Gasteiger partial charge is 0.373 e. The Morgan fingerprint density at radius 3 is 3.00 bits per heavy atom. The summed E-state index contributed by atoms with van der Waals surface area (Å²) in [5, 5.41) is 3.36. The molecule has 0 aliphatic heterocycles. The fourth-order valence-electron chi connectivity index (χ4n) is 1.50. The Labute approximate surface area is 98.0 Å². The molecule has 0 spiro atoms. The van der Waals surface area contributed by atoms with Crippen molar-refractivity contribution in [3.05, 3.63) is 18.2 Å². The normalized spacial score (nSPS) is 11.2. The van der Waals surface area contributed by atoms with Crippen LogP contribution >= 0.6 is 0 Å². The van der Waals surface area contributed by atoms with Crippen molar-refractivity contribution in [2.75, 3.05) is 13.2 Å². The van der Waals surface area contributed by atoms with Gasteiger partial charge in [-0.05, 0) is 19.9 Å². The van der Waals surface area contributed by atoms with Gasteiger partial charge >= 0.3 is 0 Å². The van der Waals surface area contributed by atoms with E-state index in [2.05, 4.69) is 35.6 Å². The second kappa shape index (κ2) is 7.41. The lowest BCUT2D eigenvalue weighted by Crippen LogP contribution is -2.24. The number of nitrogens with one attached hydrogen (secondary N) is 1. The maximum absolute atomic E-state index is 5.58. The average Bonchev–Trinajstić information content (AvgIpc) is 2.70. The molecule has 0 aliphatic carbocycles. The van der Waals surface area contributed by atoms with Crippen molar-refractivity contribution >= 4 is 0 Å². The van der Waals surface area contributed by atoms with E-state index in [1.165, 1.54) is 0 Å². The molecule has 0 aromatic carbocycles. The van der Waals surface area contributed by atoms with E-state index < -0.39 is 0 Å². The fourth-order valence-corrected chi connectivity index (χ4v) is 1.50. The van der Waals surface area contributed by atoms with Crippen LogP contribution in [-0.4, -0.2) is 28.7 Å². The predicted molar refractivity (Wildman–Crippen MR) is 65.3 cm³/mol. The average molecular weight is 225 g/mol. The molecule has 1 N–H and O–H groups in total. The van der Waals surface area contributed by atoms with Crippen LogP contribution in [0.25, 0.3) is 0 Å². The number of imidazole rings is 1. The number of hydrogen-bond acceptors (Lipinski definition) is 3. The van der Waals surface area contributed by atoms with Crippen LogP contribution in [0.15, 0.2) is 12.4 Å². The highest BCUT2D eigenvalue weighted by molar-refractivity contribution is 4.89. The van der Waals surface area contributed by atoms with Gasteiger partial charge in [0.2, 0.25) is 0 Å². The van der Waals surface area contributed by atoms with E-state index in [-0.39, 0.29) is 0 Å². The van der Waals surface area contributed by atoms with Crippen LogP contribution in [0.1, 0.15) is 33.0 Å². The van der Waals surface area contributed by atoms with Gasteiger partial charge in [-0.15, -0.1) is 0 Å². The lowest BCUT2D eigenvalue weighted by molar-refractivity contribution is 0.110. The molecule has 4 nitrogen and oxygen atoms in total. The third kappa shape index (κ3) is 4.77. The summed E-state index contributed by atoms with van der Waals surface area (Å²) < 4.78 is 7.68. The molecule has 0 unspecified atom stereocenters. The van der Waals surface area contributed by atoms with Gasteiger partial charge in [-0.25, -0.2) is 4.98 Å². The molecule has 0 amide bonds.